The number of hydrogen-bond acceptors (Lipinski definition) is 8. The highest BCUT2D eigenvalue weighted by atomic mass is 33.1. The molecule has 0 bridgehead atoms. The van der Waals surface area contributed by atoms with Gasteiger partial charge in [-0.2, -0.15) is 0 Å². The number of rotatable bonds is 5. The minimum atomic E-state index is -2.00. The third-order valence-electron chi connectivity index (χ3n) is 2.21. The predicted octanol–water partition coefficient (Wildman–Crippen LogP) is 2.11. The zero-order valence-corrected chi connectivity index (χ0v) is 11.7. The first-order valence-electron chi connectivity index (χ1n) is 5.29. The summed E-state index contributed by atoms with van der Waals surface area (Å²) in [7, 11) is -1.46. The predicted molar refractivity (Wildman–Crippen MR) is 74.0 cm³/mol. The molecule has 2 heterocycles. The van der Waals surface area contributed by atoms with Crippen molar-refractivity contribution in [2.24, 2.45) is 0 Å². The lowest BCUT2D eigenvalue weighted by molar-refractivity contribution is -0.388. The molecule has 9 nitrogen and oxygen atoms in total. The van der Waals surface area contributed by atoms with Gasteiger partial charge in [0.25, 0.3) is 0 Å². The molecule has 0 N–H and O–H groups in total. The fraction of sp³-hybridized carbons (Fsp3) is 0. The third-order valence-corrected chi connectivity index (χ3v) is 4.86. The van der Waals surface area contributed by atoms with Crippen LogP contribution in [0.2, 0.25) is 0 Å². The second-order valence-electron chi connectivity index (χ2n) is 3.49. The maximum atomic E-state index is 12.2. The van der Waals surface area contributed by atoms with E-state index in [-0.39, 0.29) is 15.7 Å². The summed E-state index contributed by atoms with van der Waals surface area (Å²) >= 11 is 0. The van der Waals surface area contributed by atoms with Gasteiger partial charge in [0.05, 0.1) is 9.85 Å². The van der Waals surface area contributed by atoms with Crippen molar-refractivity contribution in [3.63, 3.8) is 0 Å². The van der Waals surface area contributed by atoms with Gasteiger partial charge < -0.3 is 0 Å². The quantitative estimate of drug-likeness (QED) is 0.464. The van der Waals surface area contributed by atoms with E-state index in [4.69, 9.17) is 0 Å². The van der Waals surface area contributed by atoms with Gasteiger partial charge in [0.1, 0.15) is 9.83 Å². The molecular weight excluding hydrogens is 320 g/mol. The van der Waals surface area contributed by atoms with E-state index in [9.17, 15) is 24.4 Å². The number of pyridine rings is 2. The number of nitrogens with zero attached hydrogens (tertiary/aromatic N) is 4. The van der Waals surface area contributed by atoms with E-state index in [0.29, 0.717) is 10.8 Å². The highest BCUT2D eigenvalue weighted by Crippen LogP contribution is 2.34. The Kier molecular flexibility index (Phi) is 4.55. The van der Waals surface area contributed by atoms with Crippen molar-refractivity contribution in [3.05, 3.63) is 56.9 Å². The molecule has 21 heavy (non-hydrogen) atoms. The van der Waals surface area contributed by atoms with Crippen LogP contribution in [0.15, 0.2) is 46.7 Å². The van der Waals surface area contributed by atoms with Gasteiger partial charge in [0.15, 0.2) is 5.03 Å². The summed E-state index contributed by atoms with van der Waals surface area (Å²) in [5.41, 5.74) is -0.739. The Labute approximate surface area is 123 Å². The van der Waals surface area contributed by atoms with Crippen LogP contribution in [0.4, 0.5) is 11.4 Å². The molecule has 0 aliphatic rings. The summed E-state index contributed by atoms with van der Waals surface area (Å²) in [4.78, 5) is 27.8. The molecule has 0 aliphatic heterocycles. The Balaban J connectivity index is 2.36. The fourth-order valence-electron chi connectivity index (χ4n) is 1.35. The molecule has 0 saturated heterocycles. The average molecular weight is 326 g/mol. The number of aromatic nitrogens is 2. The maximum Gasteiger partial charge on any atom is 0.304 e. The first-order chi connectivity index (χ1) is 10.0. The number of hydrogen-bond donors (Lipinski definition) is 0. The first kappa shape index (κ1) is 15.0. The summed E-state index contributed by atoms with van der Waals surface area (Å²) < 4.78 is 12.2. The molecule has 1 atom stereocenters. The molecule has 0 spiro atoms. The highest BCUT2D eigenvalue weighted by Gasteiger charge is 2.24. The molecule has 11 heteroatoms. The van der Waals surface area contributed by atoms with Crippen LogP contribution in [-0.4, -0.2) is 24.0 Å². The van der Waals surface area contributed by atoms with E-state index in [1.807, 2.05) is 0 Å². The monoisotopic (exact) mass is 326 g/mol. The SMILES string of the molecule is O=[N+]([O-])c1cccnc1SS(=O)c1ncccc1[N+](=O)[O-]. The lowest BCUT2D eigenvalue weighted by Crippen LogP contribution is -2.00. The Morgan fingerprint density at radius 2 is 1.57 bits per heavy atom. The van der Waals surface area contributed by atoms with Gasteiger partial charge in [-0.05, 0) is 12.1 Å². The highest BCUT2D eigenvalue weighted by molar-refractivity contribution is 8.69. The summed E-state index contributed by atoms with van der Waals surface area (Å²) in [5.74, 6) is 0. The molecule has 0 saturated carbocycles. The molecule has 0 radical (unpaired) electrons. The van der Waals surface area contributed by atoms with Crippen LogP contribution in [0.5, 0.6) is 0 Å². The molecular formula is C10H6N4O5S2. The summed E-state index contributed by atoms with van der Waals surface area (Å²) in [6, 6.07) is 5.08. The normalized spacial score (nSPS) is 11.8. The molecule has 0 aliphatic carbocycles. The molecule has 0 aromatic carbocycles. The summed E-state index contributed by atoms with van der Waals surface area (Å²) in [6.07, 6.45) is 2.56. The fourth-order valence-corrected chi connectivity index (χ4v) is 3.80. The van der Waals surface area contributed by atoms with E-state index < -0.39 is 25.4 Å². The lowest BCUT2D eigenvalue weighted by atomic mass is 10.4. The van der Waals surface area contributed by atoms with Crippen molar-refractivity contribution < 1.29 is 14.1 Å². The first-order valence-corrected chi connectivity index (χ1v) is 7.78. The van der Waals surface area contributed by atoms with Crippen molar-refractivity contribution in [2.45, 2.75) is 10.1 Å². The zero-order valence-electron chi connectivity index (χ0n) is 10.1. The average Bonchev–Trinajstić information content (AvgIpc) is 2.47. The number of nitro groups is 2. The second-order valence-corrected chi connectivity index (χ2v) is 6.31. The summed E-state index contributed by atoms with van der Waals surface area (Å²) in [6.45, 7) is 0. The summed E-state index contributed by atoms with van der Waals surface area (Å²) in [5, 5.41) is 21.3. The van der Waals surface area contributed by atoms with E-state index >= 15 is 0 Å². The van der Waals surface area contributed by atoms with Crippen molar-refractivity contribution in [2.75, 3.05) is 0 Å². The van der Waals surface area contributed by atoms with Gasteiger partial charge in [0, 0.05) is 35.3 Å². The van der Waals surface area contributed by atoms with Crippen molar-refractivity contribution in [3.8, 4) is 0 Å². The van der Waals surface area contributed by atoms with Crippen LogP contribution in [0.1, 0.15) is 0 Å². The Bertz CT molecular complexity index is 739. The van der Waals surface area contributed by atoms with Gasteiger partial charge in [-0.25, -0.2) is 14.2 Å². The van der Waals surface area contributed by atoms with Crippen LogP contribution in [0.25, 0.3) is 0 Å². The van der Waals surface area contributed by atoms with Crippen LogP contribution in [0, 0.1) is 20.2 Å². The third kappa shape index (κ3) is 3.38. The van der Waals surface area contributed by atoms with E-state index in [1.165, 1.54) is 30.6 Å². The van der Waals surface area contributed by atoms with Crippen molar-refractivity contribution in [1.29, 1.82) is 0 Å². The lowest BCUT2D eigenvalue weighted by Gasteiger charge is -2.02. The molecule has 2 aromatic heterocycles. The zero-order chi connectivity index (χ0) is 15.4. The second kappa shape index (κ2) is 6.37. The van der Waals surface area contributed by atoms with Crippen molar-refractivity contribution in [1.82, 2.24) is 9.97 Å². The van der Waals surface area contributed by atoms with E-state index in [0.717, 1.165) is 6.07 Å². The van der Waals surface area contributed by atoms with Gasteiger partial charge in [0.2, 0.25) is 5.03 Å². The molecule has 0 fully saturated rings. The molecule has 0 amide bonds. The van der Waals surface area contributed by atoms with Gasteiger partial charge in [-0.1, -0.05) is 0 Å². The standard InChI is InChI=1S/C10H6N4O5S2/c15-13(16)7-3-1-5-11-9(7)20-21(19)10-8(14(17)18)4-2-6-12-10/h1-6H. The molecule has 2 rings (SSSR count). The Morgan fingerprint density at radius 1 is 1.00 bits per heavy atom. The van der Waals surface area contributed by atoms with Gasteiger partial charge in [-0.15, -0.1) is 0 Å². The minimum Gasteiger partial charge on any atom is -0.258 e. The molecule has 2 aromatic rings. The smallest absolute Gasteiger partial charge is 0.258 e. The van der Waals surface area contributed by atoms with Crippen LogP contribution < -0.4 is 0 Å². The maximum absolute atomic E-state index is 12.2. The Morgan fingerprint density at radius 3 is 2.19 bits per heavy atom. The molecule has 1 unspecified atom stereocenters. The van der Waals surface area contributed by atoms with Gasteiger partial charge >= 0.3 is 11.4 Å². The van der Waals surface area contributed by atoms with E-state index in [1.54, 1.807) is 0 Å². The van der Waals surface area contributed by atoms with Crippen LogP contribution in [0.3, 0.4) is 0 Å². The van der Waals surface area contributed by atoms with Crippen LogP contribution >= 0.6 is 10.8 Å². The topological polar surface area (TPSA) is 129 Å². The van der Waals surface area contributed by atoms with Crippen LogP contribution in [-0.2, 0) is 9.83 Å². The minimum absolute atomic E-state index is 0.0965. The molecule has 108 valence electrons. The van der Waals surface area contributed by atoms with Gasteiger partial charge in [-0.3, -0.25) is 20.2 Å². The largest absolute Gasteiger partial charge is 0.304 e. The van der Waals surface area contributed by atoms with E-state index in [2.05, 4.69) is 9.97 Å². The Hall–Kier alpha value is -2.40. The van der Waals surface area contributed by atoms with Crippen molar-refractivity contribution >= 4 is 32.0 Å².